The molecule has 9 heteroatoms. The van der Waals surface area contributed by atoms with Crippen LogP contribution in [0.2, 0.25) is 0 Å². The second kappa shape index (κ2) is 13.9. The van der Waals surface area contributed by atoms with Crippen LogP contribution in [0.1, 0.15) is 40.5 Å². The Morgan fingerprint density at radius 1 is 0.773 bits per heavy atom. The zero-order chi connectivity index (χ0) is 15.9. The van der Waals surface area contributed by atoms with E-state index in [1.807, 2.05) is 27.7 Å². The number of rotatable bonds is 6. The number of hydrogen-bond donors (Lipinski definition) is 2. The Labute approximate surface area is 175 Å². The van der Waals surface area contributed by atoms with E-state index in [2.05, 4.69) is 9.47 Å². The van der Waals surface area contributed by atoms with E-state index in [0.29, 0.717) is 12.8 Å². The Hall–Kier alpha value is 0.530. The molecule has 0 saturated heterocycles. The van der Waals surface area contributed by atoms with Gasteiger partial charge in [0.25, 0.3) is 0 Å². The average Bonchev–Trinajstić information content (AvgIpc) is 2.26. The number of carbonyl (C=O) groups is 3. The predicted octanol–water partition coefficient (Wildman–Crippen LogP) is -0.357. The molecule has 0 aliphatic heterocycles. The monoisotopic (exact) mass is 336 g/mol. The van der Waals surface area contributed by atoms with Crippen molar-refractivity contribution >= 4 is 77.2 Å². The first-order valence-electron chi connectivity index (χ1n) is 6.62. The Morgan fingerprint density at radius 3 is 1.27 bits per heavy atom. The summed E-state index contributed by atoms with van der Waals surface area (Å²) >= 11 is 0. The van der Waals surface area contributed by atoms with E-state index < -0.39 is 30.2 Å². The molecule has 0 unspecified atom stereocenters. The molecule has 0 aromatic rings. The van der Waals surface area contributed by atoms with Gasteiger partial charge in [0.05, 0.1) is 0 Å². The van der Waals surface area contributed by atoms with Gasteiger partial charge in [-0.15, -0.1) is 0 Å². The quantitative estimate of drug-likeness (QED) is 0.386. The van der Waals surface area contributed by atoms with Crippen LogP contribution >= 0.6 is 0 Å². The van der Waals surface area contributed by atoms with Crippen molar-refractivity contribution in [2.75, 3.05) is 0 Å². The molecule has 4 N–H and O–H groups in total. The molecule has 0 heterocycles. The fourth-order valence-electron chi connectivity index (χ4n) is 1.54. The number of carbonyl (C=O) groups excluding carboxylic acids is 3. The second-order valence-electron chi connectivity index (χ2n) is 5.56. The van der Waals surface area contributed by atoms with Gasteiger partial charge in [0, 0.05) is 0 Å². The van der Waals surface area contributed by atoms with Crippen LogP contribution in [-0.4, -0.2) is 89.3 Å². The van der Waals surface area contributed by atoms with Gasteiger partial charge in [-0.1, -0.05) is 27.7 Å². The molecule has 0 saturated carbocycles. The average molecular weight is 336 g/mol. The molecule has 0 fully saturated rings. The van der Waals surface area contributed by atoms with Gasteiger partial charge in [-0.3, -0.25) is 0 Å². The molecule has 2 atom stereocenters. The van der Waals surface area contributed by atoms with Crippen LogP contribution in [0.3, 0.4) is 0 Å². The van der Waals surface area contributed by atoms with Crippen molar-refractivity contribution in [2.45, 2.75) is 52.6 Å². The van der Waals surface area contributed by atoms with Crippen molar-refractivity contribution in [3.05, 3.63) is 0 Å². The van der Waals surface area contributed by atoms with Crippen LogP contribution in [-0.2, 0) is 19.1 Å². The zero-order valence-corrected chi connectivity index (χ0v) is 12.4. The van der Waals surface area contributed by atoms with Crippen LogP contribution in [0.15, 0.2) is 0 Å². The van der Waals surface area contributed by atoms with Crippen molar-refractivity contribution in [1.29, 1.82) is 0 Å². The van der Waals surface area contributed by atoms with E-state index in [1.165, 1.54) is 0 Å². The number of esters is 2. The molecule has 7 nitrogen and oxygen atoms in total. The fraction of sp³-hybridized carbons (Fsp3) is 0.769. The van der Waals surface area contributed by atoms with Crippen molar-refractivity contribution in [3.8, 4) is 0 Å². The van der Waals surface area contributed by atoms with Gasteiger partial charge in [-0.25, -0.2) is 14.4 Å². The van der Waals surface area contributed by atoms with Gasteiger partial charge in [-0.05, 0) is 24.7 Å². The molecule has 0 aliphatic carbocycles. The summed E-state index contributed by atoms with van der Waals surface area (Å²) in [4.78, 5) is 34.1. The van der Waals surface area contributed by atoms with Crippen molar-refractivity contribution in [1.82, 2.24) is 0 Å². The molecular formula is C13H26N2Na2O5. The van der Waals surface area contributed by atoms with E-state index in [4.69, 9.17) is 11.5 Å². The molecule has 0 spiro atoms. The molecular weight excluding hydrogens is 310 g/mol. The van der Waals surface area contributed by atoms with Gasteiger partial charge in [0.15, 0.2) is 0 Å². The van der Waals surface area contributed by atoms with Crippen LogP contribution in [0.25, 0.3) is 0 Å². The summed E-state index contributed by atoms with van der Waals surface area (Å²) in [6.07, 6.45) is -0.654. The minimum atomic E-state index is -1.39. The van der Waals surface area contributed by atoms with E-state index in [-0.39, 0.29) is 71.0 Å². The second-order valence-corrected chi connectivity index (χ2v) is 5.56. The molecule has 0 amide bonds. The van der Waals surface area contributed by atoms with Crippen molar-refractivity contribution in [3.63, 3.8) is 0 Å². The SMILES string of the molecule is CC(C)C[C@H](N)C(=O)OC(=O)OC(=O)[C@@H](N)CC(C)C.[NaH].[NaH]. The maximum absolute atomic E-state index is 11.4. The summed E-state index contributed by atoms with van der Waals surface area (Å²) in [5, 5.41) is 0. The molecule has 0 aliphatic rings. The summed E-state index contributed by atoms with van der Waals surface area (Å²) in [5.74, 6) is -1.49. The van der Waals surface area contributed by atoms with E-state index >= 15 is 0 Å². The Balaban J connectivity index is -0.00000180. The topological polar surface area (TPSA) is 122 Å². The van der Waals surface area contributed by atoms with Crippen LogP contribution in [0.5, 0.6) is 0 Å². The van der Waals surface area contributed by atoms with E-state index in [0.717, 1.165) is 0 Å². The minimum absolute atomic E-state index is 0. The molecule has 0 aromatic carbocycles. The fourth-order valence-corrected chi connectivity index (χ4v) is 1.54. The Bertz CT molecular complexity index is 332. The van der Waals surface area contributed by atoms with E-state index in [1.54, 1.807) is 0 Å². The standard InChI is InChI=1S/C13H24N2O5.2Na.2H/c1-7(2)5-9(14)11(16)19-13(18)20-12(17)10(15)6-8(3)4;;;;/h7-10H,5-6,14-15H2,1-4H3;;;;/t9-,10-;;;;/m0..../s1. The third-order valence-corrected chi connectivity index (χ3v) is 2.42. The Kier molecular flexibility index (Phi) is 17.3. The summed E-state index contributed by atoms with van der Waals surface area (Å²) in [5.41, 5.74) is 11.1. The first-order valence-corrected chi connectivity index (χ1v) is 6.62. The van der Waals surface area contributed by atoms with E-state index in [9.17, 15) is 14.4 Å². The summed E-state index contributed by atoms with van der Waals surface area (Å²) < 4.78 is 8.67. The molecule has 120 valence electrons. The number of hydrogen-bond acceptors (Lipinski definition) is 7. The number of ether oxygens (including phenoxy) is 2. The van der Waals surface area contributed by atoms with Crippen LogP contribution < -0.4 is 11.5 Å². The van der Waals surface area contributed by atoms with Gasteiger partial charge in [-0.2, -0.15) is 0 Å². The van der Waals surface area contributed by atoms with Gasteiger partial charge < -0.3 is 20.9 Å². The Morgan fingerprint density at radius 2 is 1.05 bits per heavy atom. The van der Waals surface area contributed by atoms with Gasteiger partial charge in [0.2, 0.25) is 0 Å². The zero-order valence-electron chi connectivity index (χ0n) is 12.4. The van der Waals surface area contributed by atoms with Gasteiger partial charge in [0.1, 0.15) is 12.1 Å². The normalized spacial score (nSPS) is 12.7. The summed E-state index contributed by atoms with van der Waals surface area (Å²) in [6, 6.07) is -1.86. The molecule has 0 rings (SSSR count). The predicted molar refractivity (Wildman–Crippen MR) is 86.7 cm³/mol. The van der Waals surface area contributed by atoms with Gasteiger partial charge >= 0.3 is 77.2 Å². The van der Waals surface area contributed by atoms with Crippen LogP contribution in [0, 0.1) is 11.8 Å². The first kappa shape index (κ1) is 27.4. The summed E-state index contributed by atoms with van der Waals surface area (Å²) in [7, 11) is 0. The maximum atomic E-state index is 11.4. The molecule has 0 bridgehead atoms. The van der Waals surface area contributed by atoms with Crippen molar-refractivity contribution < 1.29 is 23.9 Å². The van der Waals surface area contributed by atoms with Crippen LogP contribution in [0.4, 0.5) is 4.79 Å². The third-order valence-electron chi connectivity index (χ3n) is 2.42. The summed E-state index contributed by atoms with van der Waals surface area (Å²) in [6.45, 7) is 7.50. The van der Waals surface area contributed by atoms with Crippen molar-refractivity contribution in [2.24, 2.45) is 23.3 Å². The molecule has 22 heavy (non-hydrogen) atoms. The first-order chi connectivity index (χ1) is 9.13. The molecule has 0 aromatic heterocycles. The molecule has 0 radical (unpaired) electrons. The third kappa shape index (κ3) is 13.0. The number of nitrogens with two attached hydrogens (primary N) is 2.